The molecule has 32 heavy (non-hydrogen) atoms. The monoisotopic (exact) mass is 491 g/mol. The summed E-state index contributed by atoms with van der Waals surface area (Å²) in [6, 6.07) is 22.5. The summed E-state index contributed by atoms with van der Waals surface area (Å²) < 4.78 is 6.21. The number of hydrogen-bond donors (Lipinski definition) is 0. The number of carbonyl (C=O) groups excluding carboxylic acids is 3. The van der Waals surface area contributed by atoms with Crippen molar-refractivity contribution < 1.29 is 19.1 Å². The van der Waals surface area contributed by atoms with Crippen molar-refractivity contribution in [3.05, 3.63) is 88.4 Å². The van der Waals surface area contributed by atoms with Gasteiger partial charge in [0.25, 0.3) is 11.8 Å². The lowest BCUT2D eigenvalue weighted by molar-refractivity contribution is -0.134. The first kappa shape index (κ1) is 22.0. The van der Waals surface area contributed by atoms with Crippen LogP contribution in [0.25, 0.3) is 11.1 Å². The number of esters is 1. The average molecular weight is 492 g/mol. The molecular formula is C26H22BrNO4. The van der Waals surface area contributed by atoms with Crippen LogP contribution >= 0.6 is 15.9 Å². The second-order valence-corrected chi connectivity index (χ2v) is 8.46. The first-order valence-corrected chi connectivity index (χ1v) is 11.3. The summed E-state index contributed by atoms with van der Waals surface area (Å²) in [4.78, 5) is 38.2. The molecule has 0 atom stereocenters. The van der Waals surface area contributed by atoms with Crippen LogP contribution in [0.5, 0.6) is 5.75 Å². The van der Waals surface area contributed by atoms with E-state index in [0.29, 0.717) is 36.3 Å². The number of imide groups is 1. The molecule has 3 aromatic carbocycles. The van der Waals surface area contributed by atoms with E-state index in [-0.39, 0.29) is 24.2 Å². The maximum absolute atomic E-state index is 12.4. The van der Waals surface area contributed by atoms with Gasteiger partial charge in [0, 0.05) is 13.0 Å². The molecule has 0 saturated carbocycles. The molecule has 1 aliphatic rings. The zero-order valence-electron chi connectivity index (χ0n) is 17.4. The van der Waals surface area contributed by atoms with Crippen molar-refractivity contribution in [2.75, 3.05) is 6.54 Å². The van der Waals surface area contributed by atoms with Gasteiger partial charge in [-0.15, -0.1) is 0 Å². The van der Waals surface area contributed by atoms with Crippen molar-refractivity contribution in [3.63, 3.8) is 0 Å². The van der Waals surface area contributed by atoms with E-state index >= 15 is 0 Å². The van der Waals surface area contributed by atoms with Gasteiger partial charge in [0.2, 0.25) is 0 Å². The maximum Gasteiger partial charge on any atom is 0.311 e. The van der Waals surface area contributed by atoms with Gasteiger partial charge in [-0.05, 0) is 64.2 Å². The zero-order chi connectivity index (χ0) is 22.5. The Balaban J connectivity index is 1.22. The molecule has 0 unspecified atom stereocenters. The van der Waals surface area contributed by atoms with Crippen molar-refractivity contribution in [1.29, 1.82) is 0 Å². The molecule has 0 aliphatic carbocycles. The molecule has 2 amide bonds. The van der Waals surface area contributed by atoms with Crippen LogP contribution in [-0.4, -0.2) is 29.2 Å². The number of hydrogen-bond acceptors (Lipinski definition) is 4. The summed E-state index contributed by atoms with van der Waals surface area (Å²) in [7, 11) is 0. The molecule has 0 saturated heterocycles. The highest BCUT2D eigenvalue weighted by Crippen LogP contribution is 2.31. The Kier molecular flexibility index (Phi) is 6.81. The van der Waals surface area contributed by atoms with E-state index in [0.717, 1.165) is 22.0 Å². The number of carbonyl (C=O) groups is 3. The van der Waals surface area contributed by atoms with E-state index in [1.54, 1.807) is 30.3 Å². The Labute approximate surface area is 195 Å². The Hall–Kier alpha value is -3.25. The van der Waals surface area contributed by atoms with Crippen LogP contribution in [0.3, 0.4) is 0 Å². The van der Waals surface area contributed by atoms with Crippen molar-refractivity contribution in [2.24, 2.45) is 0 Å². The molecule has 162 valence electrons. The molecule has 0 radical (unpaired) electrons. The first-order valence-electron chi connectivity index (χ1n) is 10.6. The fourth-order valence-corrected chi connectivity index (χ4v) is 4.19. The van der Waals surface area contributed by atoms with Crippen LogP contribution < -0.4 is 4.74 Å². The number of rotatable bonds is 8. The average Bonchev–Trinajstić information content (AvgIpc) is 3.05. The van der Waals surface area contributed by atoms with Crippen molar-refractivity contribution in [3.8, 4) is 16.9 Å². The number of unbranched alkanes of at least 4 members (excludes halogenated alkanes) is 2. The summed E-state index contributed by atoms with van der Waals surface area (Å²) in [5.41, 5.74) is 3.05. The lowest BCUT2D eigenvalue weighted by Crippen LogP contribution is -2.30. The highest BCUT2D eigenvalue weighted by molar-refractivity contribution is 9.10. The molecular weight excluding hydrogens is 470 g/mol. The van der Waals surface area contributed by atoms with Crippen LogP contribution in [0.1, 0.15) is 46.4 Å². The predicted octanol–water partition coefficient (Wildman–Crippen LogP) is 5.88. The second-order valence-electron chi connectivity index (χ2n) is 7.60. The molecule has 5 nitrogen and oxygen atoms in total. The van der Waals surface area contributed by atoms with Crippen LogP contribution in [0, 0.1) is 0 Å². The fraction of sp³-hybridized carbons (Fsp3) is 0.192. The smallest absolute Gasteiger partial charge is 0.311 e. The zero-order valence-corrected chi connectivity index (χ0v) is 19.0. The summed E-state index contributed by atoms with van der Waals surface area (Å²) in [6.45, 7) is 0.355. The standard InChI is InChI=1S/C26H22BrNO4/c27-22-17-19(18-9-3-1-4-10-18)14-15-23(22)32-24(29)13-5-2-8-16-28-25(30)20-11-6-7-12-21(20)26(28)31/h1,3-4,6-7,9-12,14-15,17H,2,5,8,13,16H2. The maximum atomic E-state index is 12.4. The summed E-state index contributed by atoms with van der Waals surface area (Å²) in [5.74, 6) is -0.304. The van der Waals surface area contributed by atoms with E-state index in [2.05, 4.69) is 15.9 Å². The number of nitrogens with zero attached hydrogens (tertiary/aromatic N) is 1. The van der Waals surface area contributed by atoms with E-state index in [4.69, 9.17) is 4.74 Å². The summed E-state index contributed by atoms with van der Waals surface area (Å²) >= 11 is 3.48. The Morgan fingerprint density at radius 1 is 0.781 bits per heavy atom. The number of fused-ring (bicyclic) bond motifs is 1. The molecule has 0 N–H and O–H groups in total. The highest BCUT2D eigenvalue weighted by atomic mass is 79.9. The molecule has 3 aromatic rings. The molecule has 0 fully saturated rings. The van der Waals surface area contributed by atoms with Gasteiger partial charge in [-0.2, -0.15) is 0 Å². The number of ether oxygens (including phenoxy) is 1. The Morgan fingerprint density at radius 2 is 1.44 bits per heavy atom. The Bertz CT molecular complexity index is 1120. The molecule has 0 bridgehead atoms. The minimum atomic E-state index is -0.307. The van der Waals surface area contributed by atoms with Gasteiger partial charge in [0.05, 0.1) is 15.6 Å². The molecule has 0 spiro atoms. The molecule has 6 heteroatoms. The first-order chi connectivity index (χ1) is 15.5. The van der Waals surface area contributed by atoms with Gasteiger partial charge in [-0.25, -0.2) is 0 Å². The minimum Gasteiger partial charge on any atom is -0.425 e. The fourth-order valence-electron chi connectivity index (χ4n) is 3.73. The molecule has 0 aromatic heterocycles. The van der Waals surface area contributed by atoms with Crippen molar-refractivity contribution >= 4 is 33.7 Å². The molecule has 1 heterocycles. The van der Waals surface area contributed by atoms with Gasteiger partial charge in [0.15, 0.2) is 0 Å². The largest absolute Gasteiger partial charge is 0.425 e. The van der Waals surface area contributed by atoms with Gasteiger partial charge < -0.3 is 4.74 Å². The summed E-state index contributed by atoms with van der Waals surface area (Å²) in [5, 5.41) is 0. The second kappa shape index (κ2) is 9.92. The van der Waals surface area contributed by atoms with Gasteiger partial charge >= 0.3 is 5.97 Å². The third-order valence-electron chi connectivity index (χ3n) is 5.40. The Morgan fingerprint density at radius 3 is 2.09 bits per heavy atom. The van der Waals surface area contributed by atoms with Gasteiger partial charge in [-0.1, -0.05) is 55.0 Å². The minimum absolute atomic E-state index is 0.242. The highest BCUT2D eigenvalue weighted by Gasteiger charge is 2.34. The van der Waals surface area contributed by atoms with E-state index in [1.165, 1.54) is 4.90 Å². The molecule has 1 aliphatic heterocycles. The van der Waals surface area contributed by atoms with Crippen LogP contribution in [0.15, 0.2) is 77.3 Å². The van der Waals surface area contributed by atoms with Gasteiger partial charge in [0.1, 0.15) is 5.75 Å². The normalized spacial score (nSPS) is 12.7. The number of halogens is 1. The van der Waals surface area contributed by atoms with Gasteiger partial charge in [-0.3, -0.25) is 19.3 Å². The number of amides is 2. The van der Waals surface area contributed by atoms with Crippen LogP contribution in [0.4, 0.5) is 0 Å². The SMILES string of the molecule is O=C(CCCCCN1C(=O)c2ccccc2C1=O)Oc1ccc(-c2ccccc2)cc1Br. The van der Waals surface area contributed by atoms with E-state index in [1.807, 2.05) is 42.5 Å². The lowest BCUT2D eigenvalue weighted by atomic mass is 10.1. The van der Waals surface area contributed by atoms with Crippen LogP contribution in [-0.2, 0) is 4.79 Å². The number of benzene rings is 3. The van der Waals surface area contributed by atoms with Crippen LogP contribution in [0.2, 0.25) is 0 Å². The van der Waals surface area contributed by atoms with E-state index < -0.39 is 0 Å². The summed E-state index contributed by atoms with van der Waals surface area (Å²) in [6.07, 6.45) is 2.27. The van der Waals surface area contributed by atoms with Crippen molar-refractivity contribution in [2.45, 2.75) is 25.7 Å². The van der Waals surface area contributed by atoms with E-state index in [9.17, 15) is 14.4 Å². The quantitative estimate of drug-likeness (QED) is 0.171. The third-order valence-corrected chi connectivity index (χ3v) is 6.02. The third kappa shape index (κ3) is 4.81. The molecule has 4 rings (SSSR count). The lowest BCUT2D eigenvalue weighted by Gasteiger charge is -2.13. The van der Waals surface area contributed by atoms with Crippen molar-refractivity contribution in [1.82, 2.24) is 4.90 Å². The predicted molar refractivity (Wildman–Crippen MR) is 125 cm³/mol. The topological polar surface area (TPSA) is 63.7 Å².